The van der Waals surface area contributed by atoms with Gasteiger partial charge >= 0.3 is 0 Å². The molecule has 1 aromatic carbocycles. The van der Waals surface area contributed by atoms with Gasteiger partial charge < -0.3 is 21.1 Å². The molecule has 0 aliphatic rings. The molecule has 4 N–H and O–H groups in total. The Labute approximate surface area is 202 Å². The highest BCUT2D eigenvalue weighted by atomic mass is 16.3. The predicted molar refractivity (Wildman–Crippen MR) is 139 cm³/mol. The van der Waals surface area contributed by atoms with Gasteiger partial charge in [0.25, 0.3) is 12.4 Å². The van der Waals surface area contributed by atoms with Gasteiger partial charge in [-0.2, -0.15) is 0 Å². The molecular weight excluding hydrogens is 418 g/mol. The molecule has 1 aromatic rings. The first-order chi connectivity index (χ1) is 15.5. The topological polar surface area (TPSA) is 113 Å². The molecule has 1 unspecified atom stereocenters. The number of nitrogens with one attached hydrogen (secondary N) is 1. The van der Waals surface area contributed by atoms with Gasteiger partial charge in [-0.25, -0.2) is 0 Å². The van der Waals surface area contributed by atoms with Gasteiger partial charge in [0.15, 0.2) is 0 Å². The molecule has 1 amide bonds. The maximum atomic E-state index is 11.8. The maximum absolute atomic E-state index is 11.8. The fourth-order valence-corrected chi connectivity index (χ4v) is 2.64. The highest BCUT2D eigenvalue weighted by Gasteiger charge is 2.09. The van der Waals surface area contributed by atoms with Gasteiger partial charge in [-0.1, -0.05) is 60.6 Å². The Morgan fingerprint density at radius 1 is 1.09 bits per heavy atom. The third-order valence-electron chi connectivity index (χ3n) is 3.79. The van der Waals surface area contributed by atoms with Crippen molar-refractivity contribution in [3.63, 3.8) is 0 Å². The van der Waals surface area contributed by atoms with E-state index in [1.165, 1.54) is 25.9 Å². The largest absolute Gasteiger partial charge is 0.483 e. The van der Waals surface area contributed by atoms with E-state index in [9.17, 15) is 9.59 Å². The van der Waals surface area contributed by atoms with E-state index in [1.807, 2.05) is 0 Å². The Kier molecular flexibility index (Phi) is 26.1. The molecule has 192 valence electrons. The van der Waals surface area contributed by atoms with Crippen molar-refractivity contribution in [1.29, 1.82) is 0 Å². The van der Waals surface area contributed by atoms with Crippen molar-refractivity contribution in [1.82, 2.24) is 10.2 Å². The number of nitrogens with zero attached hydrogens (tertiary/aromatic N) is 1. The average Bonchev–Trinajstić information content (AvgIpc) is 2.72. The smallest absolute Gasteiger partial charge is 0.290 e. The van der Waals surface area contributed by atoms with Crippen LogP contribution in [0.5, 0.6) is 0 Å². The Balaban J connectivity index is -0.000000495. The van der Waals surface area contributed by atoms with Gasteiger partial charge in [0.1, 0.15) is 6.29 Å². The molecule has 7 nitrogen and oxygen atoms in total. The number of carbonyl (C=O) groups excluding carboxylic acids is 2. The number of carboxylic acid groups (broad SMARTS) is 1. The van der Waals surface area contributed by atoms with E-state index >= 15 is 0 Å². The molecule has 0 saturated heterocycles. The van der Waals surface area contributed by atoms with Crippen LogP contribution < -0.4 is 11.1 Å². The van der Waals surface area contributed by atoms with Crippen LogP contribution in [-0.2, 0) is 4.79 Å². The normalized spacial score (nSPS) is 10.7. The zero-order valence-corrected chi connectivity index (χ0v) is 22.1. The molecule has 1 rings (SSSR count). The SMILES string of the molecule is CC(C)C.CC(C)CC(N)CNC(=O)c1cccc(C=O)c1.CCCN(C)CCC.O=CO. The van der Waals surface area contributed by atoms with Gasteiger partial charge in [0, 0.05) is 23.7 Å². The molecule has 0 aliphatic heterocycles. The Hall–Kier alpha value is -2.25. The lowest BCUT2D eigenvalue weighted by Crippen LogP contribution is -2.38. The zero-order chi connectivity index (χ0) is 26.2. The minimum absolute atomic E-state index is 0.0387. The molecule has 33 heavy (non-hydrogen) atoms. The van der Waals surface area contributed by atoms with Crippen LogP contribution in [0.3, 0.4) is 0 Å². The van der Waals surface area contributed by atoms with Crippen LogP contribution in [0.1, 0.15) is 88.4 Å². The van der Waals surface area contributed by atoms with E-state index in [0.29, 0.717) is 23.6 Å². The highest BCUT2D eigenvalue weighted by molar-refractivity contribution is 5.95. The number of hydrogen-bond acceptors (Lipinski definition) is 5. The number of hydrogen-bond donors (Lipinski definition) is 3. The van der Waals surface area contributed by atoms with Crippen molar-refractivity contribution in [3.8, 4) is 0 Å². The minimum atomic E-state index is -0.250. The van der Waals surface area contributed by atoms with E-state index in [-0.39, 0.29) is 18.4 Å². The van der Waals surface area contributed by atoms with Crippen molar-refractivity contribution >= 4 is 18.7 Å². The first-order valence-corrected chi connectivity index (χ1v) is 11.8. The number of amides is 1. The van der Waals surface area contributed by atoms with Crippen LogP contribution in [0.2, 0.25) is 0 Å². The number of nitrogens with two attached hydrogens (primary N) is 1. The molecule has 0 aromatic heterocycles. The highest BCUT2D eigenvalue weighted by Crippen LogP contribution is 2.04. The lowest BCUT2D eigenvalue weighted by molar-refractivity contribution is -0.122. The zero-order valence-electron chi connectivity index (χ0n) is 22.1. The van der Waals surface area contributed by atoms with Crippen molar-refractivity contribution in [2.45, 2.75) is 73.8 Å². The summed E-state index contributed by atoms with van der Waals surface area (Å²) in [7, 11) is 2.17. The van der Waals surface area contributed by atoms with Gasteiger partial charge in [-0.15, -0.1) is 0 Å². The summed E-state index contributed by atoms with van der Waals surface area (Å²) in [5, 5.41) is 9.66. The van der Waals surface area contributed by atoms with Crippen molar-refractivity contribution in [2.24, 2.45) is 17.6 Å². The van der Waals surface area contributed by atoms with Crippen LogP contribution in [0.15, 0.2) is 24.3 Å². The maximum Gasteiger partial charge on any atom is 0.290 e. The predicted octanol–water partition coefficient (Wildman–Crippen LogP) is 4.70. The monoisotopic (exact) mass is 467 g/mol. The first kappa shape index (κ1) is 35.3. The van der Waals surface area contributed by atoms with Gasteiger partial charge in [-0.05, 0) is 63.4 Å². The average molecular weight is 468 g/mol. The summed E-state index contributed by atoms with van der Waals surface area (Å²) in [6.45, 7) is 17.8. The summed E-state index contributed by atoms with van der Waals surface area (Å²) < 4.78 is 0. The van der Waals surface area contributed by atoms with E-state index in [0.717, 1.165) is 18.6 Å². The summed E-state index contributed by atoms with van der Waals surface area (Å²) in [5.41, 5.74) is 6.86. The number of benzene rings is 1. The lowest BCUT2D eigenvalue weighted by atomic mass is 10.0. The second-order valence-electron chi connectivity index (χ2n) is 8.98. The molecule has 0 fully saturated rings. The Morgan fingerprint density at radius 3 is 1.97 bits per heavy atom. The number of carbonyl (C=O) groups is 3. The van der Waals surface area contributed by atoms with Crippen LogP contribution >= 0.6 is 0 Å². The lowest BCUT2D eigenvalue weighted by Gasteiger charge is -2.14. The summed E-state index contributed by atoms with van der Waals surface area (Å²) >= 11 is 0. The molecule has 0 saturated carbocycles. The van der Waals surface area contributed by atoms with Gasteiger partial charge in [0.2, 0.25) is 0 Å². The van der Waals surface area contributed by atoms with Gasteiger partial charge in [0.05, 0.1) is 0 Å². The molecule has 7 heteroatoms. The molecular formula is C26H49N3O4. The van der Waals surface area contributed by atoms with Crippen LogP contribution in [0.4, 0.5) is 0 Å². The molecule has 0 heterocycles. The summed E-state index contributed by atoms with van der Waals surface area (Å²) in [4.78, 5) is 33.2. The van der Waals surface area contributed by atoms with Crippen LogP contribution in [0, 0.1) is 11.8 Å². The fourth-order valence-electron chi connectivity index (χ4n) is 2.64. The standard InChI is InChI=1S/C14H20N2O2.C7H17N.C4H10.CH2O2/c1-10(2)6-13(15)8-16-14(18)12-5-3-4-11(7-12)9-17;1-4-6-8(3)7-5-2;1-4(2)3;2-1-3/h3-5,7,9-10,13H,6,8,15H2,1-2H3,(H,16,18);4-7H2,1-3H3;4H,1-3H3;1H,(H,2,3). The van der Waals surface area contributed by atoms with Crippen molar-refractivity contribution < 1.29 is 19.5 Å². The third-order valence-corrected chi connectivity index (χ3v) is 3.79. The summed E-state index contributed by atoms with van der Waals surface area (Å²) in [6, 6.07) is 6.55. The molecule has 0 aliphatic carbocycles. The number of aldehydes is 1. The molecule has 1 atom stereocenters. The third kappa shape index (κ3) is 27.7. The number of rotatable bonds is 10. The molecule has 0 bridgehead atoms. The second kappa shape index (κ2) is 24.4. The molecule has 0 spiro atoms. The first-order valence-electron chi connectivity index (χ1n) is 11.8. The van der Waals surface area contributed by atoms with Crippen LogP contribution in [0.25, 0.3) is 0 Å². The van der Waals surface area contributed by atoms with E-state index < -0.39 is 0 Å². The Morgan fingerprint density at radius 2 is 1.58 bits per heavy atom. The summed E-state index contributed by atoms with van der Waals surface area (Å²) in [6.07, 6.45) is 4.14. The minimum Gasteiger partial charge on any atom is -0.483 e. The van der Waals surface area contributed by atoms with E-state index in [4.69, 9.17) is 15.6 Å². The van der Waals surface area contributed by atoms with E-state index in [2.05, 4.69) is 65.7 Å². The molecule has 0 radical (unpaired) electrons. The van der Waals surface area contributed by atoms with Crippen molar-refractivity contribution in [3.05, 3.63) is 35.4 Å². The second-order valence-corrected chi connectivity index (χ2v) is 8.98. The summed E-state index contributed by atoms with van der Waals surface area (Å²) in [5.74, 6) is 1.15. The van der Waals surface area contributed by atoms with Crippen molar-refractivity contribution in [2.75, 3.05) is 26.7 Å². The van der Waals surface area contributed by atoms with E-state index in [1.54, 1.807) is 24.3 Å². The quantitative estimate of drug-likeness (QED) is 0.430. The van der Waals surface area contributed by atoms with Gasteiger partial charge in [-0.3, -0.25) is 14.4 Å². The Bertz CT molecular complexity index is 598. The fraction of sp³-hybridized carbons (Fsp3) is 0.654. The van der Waals surface area contributed by atoms with Crippen LogP contribution in [-0.4, -0.2) is 61.4 Å².